The molecule has 74 valence electrons. The van der Waals surface area contributed by atoms with Gasteiger partial charge < -0.3 is 4.79 Å². The number of carbonyl (C=O) groups is 1. The van der Waals surface area contributed by atoms with E-state index in [1.54, 1.807) is 18.2 Å². The molecule has 0 aliphatic rings. The van der Waals surface area contributed by atoms with Crippen molar-refractivity contribution in [2.45, 2.75) is 12.8 Å². The molecule has 0 spiro atoms. The van der Waals surface area contributed by atoms with Gasteiger partial charge in [0.1, 0.15) is 6.29 Å². The first-order valence-electron chi connectivity index (χ1n) is 4.22. The van der Waals surface area contributed by atoms with E-state index >= 15 is 0 Å². The molecular formula is C11H10Cl2O. The highest BCUT2D eigenvalue weighted by Crippen LogP contribution is 2.26. The van der Waals surface area contributed by atoms with Crippen molar-refractivity contribution in [3.8, 4) is 0 Å². The maximum absolute atomic E-state index is 10.8. The molecule has 1 rings (SSSR count). The molecule has 0 radical (unpaired) electrons. The summed E-state index contributed by atoms with van der Waals surface area (Å²) in [6.45, 7) is 1.87. The molecule has 0 amide bonds. The Labute approximate surface area is 93.3 Å². The number of aldehydes is 1. The van der Waals surface area contributed by atoms with E-state index < -0.39 is 0 Å². The van der Waals surface area contributed by atoms with E-state index in [1.165, 1.54) is 0 Å². The number of halogens is 2. The summed E-state index contributed by atoms with van der Waals surface area (Å²) >= 11 is 11.6. The second-order valence-electron chi connectivity index (χ2n) is 2.86. The minimum absolute atomic E-state index is 0.241. The van der Waals surface area contributed by atoms with E-state index in [1.807, 2.05) is 19.1 Å². The Hall–Kier alpha value is -0.790. The van der Waals surface area contributed by atoms with Crippen LogP contribution in [0.3, 0.4) is 0 Å². The summed E-state index contributed by atoms with van der Waals surface area (Å²) in [6, 6.07) is 5.20. The van der Waals surface area contributed by atoms with Crippen LogP contribution in [-0.2, 0) is 4.79 Å². The van der Waals surface area contributed by atoms with E-state index in [2.05, 4.69) is 0 Å². The van der Waals surface area contributed by atoms with Crippen LogP contribution in [0.1, 0.15) is 18.4 Å². The number of benzene rings is 1. The van der Waals surface area contributed by atoms with Crippen LogP contribution in [0, 0.1) is 0 Å². The van der Waals surface area contributed by atoms with Crippen LogP contribution in [0.25, 0.3) is 0 Å². The molecule has 1 atom stereocenters. The normalized spacial score (nSPS) is 13.1. The minimum atomic E-state index is -0.241. The largest absolute Gasteiger partial charge is 0.302 e. The number of allylic oxidation sites excluding steroid dienone is 2. The van der Waals surface area contributed by atoms with Crippen LogP contribution in [0.5, 0.6) is 0 Å². The molecule has 0 aliphatic carbocycles. The van der Waals surface area contributed by atoms with E-state index in [9.17, 15) is 4.79 Å². The lowest BCUT2D eigenvalue weighted by molar-refractivity contribution is -0.108. The summed E-state index contributed by atoms with van der Waals surface area (Å²) in [5.74, 6) is -0.241. The fourth-order valence-electron chi connectivity index (χ4n) is 1.16. The van der Waals surface area contributed by atoms with Gasteiger partial charge >= 0.3 is 0 Å². The molecule has 1 aromatic rings. The second-order valence-corrected chi connectivity index (χ2v) is 3.68. The maximum Gasteiger partial charge on any atom is 0.131 e. The highest BCUT2D eigenvalue weighted by atomic mass is 35.5. The van der Waals surface area contributed by atoms with E-state index in [0.717, 1.165) is 11.8 Å². The highest BCUT2D eigenvalue weighted by Gasteiger charge is 2.07. The monoisotopic (exact) mass is 228 g/mol. The molecular weight excluding hydrogens is 219 g/mol. The number of rotatable bonds is 3. The predicted octanol–water partition coefficient (Wildman–Crippen LogP) is 3.85. The first-order valence-corrected chi connectivity index (χ1v) is 4.97. The third-order valence-corrected chi connectivity index (χ3v) is 2.61. The zero-order chi connectivity index (χ0) is 10.6. The van der Waals surface area contributed by atoms with E-state index in [4.69, 9.17) is 23.2 Å². The van der Waals surface area contributed by atoms with E-state index in [-0.39, 0.29) is 5.92 Å². The Morgan fingerprint density at radius 2 is 2.00 bits per heavy atom. The van der Waals surface area contributed by atoms with Crippen LogP contribution in [0.4, 0.5) is 0 Å². The third-order valence-electron chi connectivity index (χ3n) is 1.87. The summed E-state index contributed by atoms with van der Waals surface area (Å²) < 4.78 is 0. The number of hydrogen-bond acceptors (Lipinski definition) is 1. The molecule has 0 heterocycles. The zero-order valence-corrected chi connectivity index (χ0v) is 9.22. The molecule has 14 heavy (non-hydrogen) atoms. The summed E-state index contributed by atoms with van der Waals surface area (Å²) in [4.78, 5) is 10.8. The standard InChI is InChI=1S/C11H10Cl2O/c1-2-3-9(7-14)8-4-5-10(12)11(13)6-8/h2-7,9H,1H3. The Morgan fingerprint density at radius 1 is 1.29 bits per heavy atom. The first kappa shape index (κ1) is 11.3. The van der Waals surface area contributed by atoms with Crippen molar-refractivity contribution in [3.63, 3.8) is 0 Å². The summed E-state index contributed by atoms with van der Waals surface area (Å²) in [5, 5.41) is 0.973. The topological polar surface area (TPSA) is 17.1 Å². The van der Waals surface area contributed by atoms with E-state index in [0.29, 0.717) is 10.0 Å². The molecule has 1 nitrogen and oxygen atoms in total. The van der Waals surface area contributed by atoms with Crippen molar-refractivity contribution >= 4 is 29.5 Å². The molecule has 0 aliphatic heterocycles. The molecule has 0 saturated heterocycles. The summed E-state index contributed by atoms with van der Waals surface area (Å²) in [7, 11) is 0. The van der Waals surface area contributed by atoms with Crippen LogP contribution in [0.15, 0.2) is 30.4 Å². The molecule has 3 heteroatoms. The molecule has 0 aromatic heterocycles. The van der Waals surface area contributed by atoms with Gasteiger partial charge in [-0.2, -0.15) is 0 Å². The van der Waals surface area contributed by atoms with Crippen LogP contribution in [0.2, 0.25) is 10.0 Å². The Balaban J connectivity index is 3.05. The Morgan fingerprint density at radius 3 is 2.50 bits per heavy atom. The lowest BCUT2D eigenvalue weighted by Gasteiger charge is -2.06. The summed E-state index contributed by atoms with van der Waals surface area (Å²) in [6.07, 6.45) is 4.52. The summed E-state index contributed by atoms with van der Waals surface area (Å²) in [5.41, 5.74) is 0.854. The fraction of sp³-hybridized carbons (Fsp3) is 0.182. The molecule has 0 N–H and O–H groups in total. The van der Waals surface area contributed by atoms with Gasteiger partial charge in [0, 0.05) is 0 Å². The van der Waals surface area contributed by atoms with Crippen molar-refractivity contribution in [1.82, 2.24) is 0 Å². The van der Waals surface area contributed by atoms with Crippen LogP contribution in [-0.4, -0.2) is 6.29 Å². The van der Waals surface area contributed by atoms with Crippen molar-refractivity contribution in [1.29, 1.82) is 0 Å². The van der Waals surface area contributed by atoms with Gasteiger partial charge in [0.15, 0.2) is 0 Å². The highest BCUT2D eigenvalue weighted by molar-refractivity contribution is 6.42. The Kier molecular flexibility index (Phi) is 4.18. The quantitative estimate of drug-likeness (QED) is 0.568. The first-order chi connectivity index (χ1) is 6.69. The lowest BCUT2D eigenvalue weighted by Crippen LogP contribution is -1.95. The SMILES string of the molecule is CC=CC(C=O)c1ccc(Cl)c(Cl)c1. The van der Waals surface area contributed by atoms with Crippen molar-refractivity contribution in [2.75, 3.05) is 0 Å². The van der Waals surface area contributed by atoms with Crippen LogP contribution < -0.4 is 0 Å². The van der Waals surface area contributed by atoms with Crippen LogP contribution >= 0.6 is 23.2 Å². The molecule has 1 aromatic carbocycles. The molecule has 0 saturated carbocycles. The van der Waals surface area contributed by atoms with Gasteiger partial charge in [-0.15, -0.1) is 0 Å². The second kappa shape index (κ2) is 5.18. The van der Waals surface area contributed by atoms with Gasteiger partial charge in [0.05, 0.1) is 16.0 Å². The van der Waals surface area contributed by atoms with Crippen molar-refractivity contribution < 1.29 is 4.79 Å². The predicted molar refractivity (Wildman–Crippen MR) is 60.1 cm³/mol. The van der Waals surface area contributed by atoms with Gasteiger partial charge in [0.25, 0.3) is 0 Å². The van der Waals surface area contributed by atoms with Crippen molar-refractivity contribution in [3.05, 3.63) is 46.0 Å². The van der Waals surface area contributed by atoms with Gasteiger partial charge in [0.2, 0.25) is 0 Å². The zero-order valence-electron chi connectivity index (χ0n) is 7.71. The van der Waals surface area contributed by atoms with Gasteiger partial charge in [-0.1, -0.05) is 41.4 Å². The van der Waals surface area contributed by atoms with Gasteiger partial charge in [-0.3, -0.25) is 0 Å². The Bertz CT molecular complexity index is 358. The molecule has 1 unspecified atom stereocenters. The third kappa shape index (κ3) is 2.60. The molecule has 0 fully saturated rings. The smallest absolute Gasteiger partial charge is 0.131 e. The lowest BCUT2D eigenvalue weighted by atomic mass is 10.0. The number of hydrogen-bond donors (Lipinski definition) is 0. The fourth-order valence-corrected chi connectivity index (χ4v) is 1.47. The maximum atomic E-state index is 10.8. The average Bonchev–Trinajstić information content (AvgIpc) is 2.19. The minimum Gasteiger partial charge on any atom is -0.302 e. The van der Waals surface area contributed by atoms with Gasteiger partial charge in [-0.25, -0.2) is 0 Å². The van der Waals surface area contributed by atoms with Gasteiger partial charge in [-0.05, 0) is 24.6 Å². The average molecular weight is 229 g/mol. The number of carbonyl (C=O) groups excluding carboxylic acids is 1. The van der Waals surface area contributed by atoms with Crippen molar-refractivity contribution in [2.24, 2.45) is 0 Å². The molecule has 0 bridgehead atoms.